The van der Waals surface area contributed by atoms with E-state index in [1.165, 1.54) is 70.6 Å². The van der Waals surface area contributed by atoms with Crippen molar-refractivity contribution >= 4 is 29.1 Å². The maximum absolute atomic E-state index is 12.1. The highest BCUT2D eigenvalue weighted by Gasteiger charge is 2.21. The van der Waals surface area contributed by atoms with Gasteiger partial charge in [-0.25, -0.2) is 4.79 Å². The lowest BCUT2D eigenvalue weighted by atomic mass is 9.84. The summed E-state index contributed by atoms with van der Waals surface area (Å²) in [6, 6.07) is 7.11. The number of nitrogens with one attached hydrogen (secondary N) is 1. The summed E-state index contributed by atoms with van der Waals surface area (Å²) >= 11 is 6.07. The third kappa shape index (κ3) is 9.97. The summed E-state index contributed by atoms with van der Waals surface area (Å²) in [5.74, 6) is 0.459. The highest BCUT2D eigenvalue weighted by molar-refractivity contribution is 6.33. The minimum Gasteiger partial charge on any atom is -0.298 e. The number of carbonyl (C=O) groups is 1. The van der Waals surface area contributed by atoms with Crippen LogP contribution in [0.15, 0.2) is 29.4 Å². The number of anilines is 1. The monoisotopic (exact) mass is 434 g/mol. The molecule has 0 aromatic heterocycles. The Bertz CT molecular complexity index is 648. The molecule has 1 aliphatic rings. The van der Waals surface area contributed by atoms with E-state index in [0.717, 1.165) is 31.4 Å². The molecule has 1 aromatic carbocycles. The molecule has 0 spiro atoms. The van der Waals surface area contributed by atoms with Gasteiger partial charge in [0.25, 0.3) is 0 Å². The number of hydrogen-bond acceptors (Lipinski definition) is 3. The molecule has 0 bridgehead atoms. The first kappa shape index (κ1) is 24.7. The fourth-order valence-electron chi connectivity index (χ4n) is 4.17. The van der Waals surface area contributed by atoms with E-state index in [4.69, 9.17) is 16.4 Å². The Hall–Kier alpha value is -1.55. The van der Waals surface area contributed by atoms with Crippen LogP contribution in [0, 0.1) is 5.92 Å². The number of carbonyl (C=O) groups excluding carboxylic acids is 1. The second-order valence-electron chi connectivity index (χ2n) is 8.48. The molecule has 0 heterocycles. The zero-order chi connectivity index (χ0) is 21.4. The van der Waals surface area contributed by atoms with Crippen LogP contribution in [-0.4, -0.2) is 11.8 Å². The molecule has 168 valence electrons. The van der Waals surface area contributed by atoms with E-state index >= 15 is 0 Å². The molecule has 1 atom stereocenters. The second kappa shape index (κ2) is 15.3. The van der Waals surface area contributed by atoms with E-state index < -0.39 is 6.09 Å². The van der Waals surface area contributed by atoms with Crippen LogP contribution in [0.25, 0.3) is 0 Å². The van der Waals surface area contributed by atoms with Crippen LogP contribution < -0.4 is 5.32 Å². The average molecular weight is 435 g/mol. The average Bonchev–Trinajstić information content (AvgIpc) is 2.76. The number of oxime groups is 1. The van der Waals surface area contributed by atoms with Crippen molar-refractivity contribution in [2.75, 3.05) is 5.32 Å². The van der Waals surface area contributed by atoms with Gasteiger partial charge in [0.05, 0.1) is 16.4 Å². The van der Waals surface area contributed by atoms with Crippen molar-refractivity contribution in [3.63, 3.8) is 0 Å². The lowest BCUT2D eigenvalue weighted by Crippen LogP contribution is -2.21. The van der Waals surface area contributed by atoms with Crippen molar-refractivity contribution in [3.8, 4) is 0 Å². The molecule has 30 heavy (non-hydrogen) atoms. The summed E-state index contributed by atoms with van der Waals surface area (Å²) in [6.07, 6.45) is 18.6. The van der Waals surface area contributed by atoms with Crippen LogP contribution >= 0.6 is 11.6 Å². The first-order valence-corrected chi connectivity index (χ1v) is 12.4. The van der Waals surface area contributed by atoms with Crippen LogP contribution in [-0.2, 0) is 4.84 Å². The fraction of sp³-hybridized carbons (Fsp3) is 0.680. The van der Waals surface area contributed by atoms with Gasteiger partial charge in [-0.1, -0.05) is 106 Å². The number of amides is 1. The smallest absolute Gasteiger partial charge is 0.298 e. The SMILES string of the molecule is CCCCCCCCCCCCC1CCCCC1=NOC(=O)Nc1ccccc1Cl. The van der Waals surface area contributed by atoms with Gasteiger partial charge in [-0.3, -0.25) is 10.2 Å². The van der Waals surface area contributed by atoms with Gasteiger partial charge in [0, 0.05) is 5.92 Å². The number of hydrogen-bond donors (Lipinski definition) is 1. The summed E-state index contributed by atoms with van der Waals surface area (Å²) in [6.45, 7) is 2.27. The predicted octanol–water partition coefficient (Wildman–Crippen LogP) is 8.75. The number of halogens is 1. The van der Waals surface area contributed by atoms with Crippen molar-refractivity contribution in [3.05, 3.63) is 29.3 Å². The van der Waals surface area contributed by atoms with Crippen LogP contribution in [0.1, 0.15) is 103 Å². The topological polar surface area (TPSA) is 50.7 Å². The lowest BCUT2D eigenvalue weighted by molar-refractivity contribution is 0.164. The van der Waals surface area contributed by atoms with E-state index in [1.807, 2.05) is 12.1 Å². The van der Waals surface area contributed by atoms with E-state index in [0.29, 0.717) is 16.6 Å². The van der Waals surface area contributed by atoms with Crippen LogP contribution in [0.2, 0.25) is 5.02 Å². The van der Waals surface area contributed by atoms with Gasteiger partial charge in [0.2, 0.25) is 0 Å². The van der Waals surface area contributed by atoms with E-state index in [9.17, 15) is 4.79 Å². The molecule has 1 amide bonds. The summed E-state index contributed by atoms with van der Waals surface area (Å²) in [5, 5.41) is 7.35. The van der Waals surface area contributed by atoms with Crippen LogP contribution in [0.3, 0.4) is 0 Å². The molecule has 1 unspecified atom stereocenters. The zero-order valence-electron chi connectivity index (χ0n) is 18.6. The molecule has 1 saturated carbocycles. The largest absolute Gasteiger partial charge is 0.437 e. The van der Waals surface area contributed by atoms with E-state index in [1.54, 1.807) is 12.1 Å². The summed E-state index contributed by atoms with van der Waals surface area (Å²) < 4.78 is 0. The van der Waals surface area contributed by atoms with Gasteiger partial charge < -0.3 is 0 Å². The zero-order valence-corrected chi connectivity index (χ0v) is 19.4. The summed E-state index contributed by atoms with van der Waals surface area (Å²) in [5.41, 5.74) is 1.58. The molecule has 1 N–H and O–H groups in total. The van der Waals surface area contributed by atoms with E-state index in [-0.39, 0.29) is 0 Å². The standard InChI is InChI=1S/C25H39ClN2O2/c1-2-3-4-5-6-7-8-9-10-11-16-21-17-12-14-19-23(21)28-30-25(29)27-24-20-15-13-18-22(24)26/h13,15,18,20-21H,2-12,14,16-17,19H2,1H3,(H,27,29). The van der Waals surface area contributed by atoms with Crippen molar-refractivity contribution in [2.45, 2.75) is 103 Å². The number of benzene rings is 1. The van der Waals surface area contributed by atoms with Crippen molar-refractivity contribution in [1.29, 1.82) is 0 Å². The quantitative estimate of drug-likeness (QED) is 0.191. The van der Waals surface area contributed by atoms with Crippen molar-refractivity contribution in [1.82, 2.24) is 0 Å². The molecule has 0 saturated heterocycles. The van der Waals surface area contributed by atoms with Crippen LogP contribution in [0.4, 0.5) is 10.5 Å². The molecule has 1 aromatic rings. The first-order chi connectivity index (χ1) is 14.7. The Morgan fingerprint density at radius 1 is 1.03 bits per heavy atom. The lowest BCUT2D eigenvalue weighted by Gasteiger charge is -2.23. The maximum atomic E-state index is 12.1. The van der Waals surface area contributed by atoms with Crippen molar-refractivity contribution < 1.29 is 9.63 Å². The minimum absolute atomic E-state index is 0.459. The van der Waals surface area contributed by atoms with Gasteiger partial charge in [-0.2, -0.15) is 0 Å². The van der Waals surface area contributed by atoms with Gasteiger partial charge in [0.15, 0.2) is 0 Å². The molecule has 4 nitrogen and oxygen atoms in total. The Morgan fingerprint density at radius 3 is 2.40 bits per heavy atom. The molecule has 0 radical (unpaired) electrons. The van der Waals surface area contributed by atoms with Gasteiger partial charge in [-0.15, -0.1) is 0 Å². The molecule has 0 aliphatic heterocycles. The molecule has 2 rings (SSSR count). The summed E-state index contributed by atoms with van der Waals surface area (Å²) in [4.78, 5) is 17.2. The molecule has 5 heteroatoms. The van der Waals surface area contributed by atoms with Gasteiger partial charge >= 0.3 is 6.09 Å². The Kier molecular flexibility index (Phi) is 12.6. The van der Waals surface area contributed by atoms with Crippen LogP contribution in [0.5, 0.6) is 0 Å². The Morgan fingerprint density at radius 2 is 1.70 bits per heavy atom. The normalized spacial score (nSPS) is 17.8. The molecule has 1 aliphatic carbocycles. The number of unbranched alkanes of at least 4 members (excludes halogenated alkanes) is 9. The summed E-state index contributed by atoms with van der Waals surface area (Å²) in [7, 11) is 0. The third-order valence-electron chi connectivity index (χ3n) is 5.97. The van der Waals surface area contributed by atoms with E-state index in [2.05, 4.69) is 17.4 Å². The highest BCUT2D eigenvalue weighted by atomic mass is 35.5. The maximum Gasteiger partial charge on any atom is 0.437 e. The first-order valence-electron chi connectivity index (χ1n) is 12.0. The second-order valence-corrected chi connectivity index (χ2v) is 8.89. The third-order valence-corrected chi connectivity index (χ3v) is 6.30. The van der Waals surface area contributed by atoms with Crippen molar-refractivity contribution in [2.24, 2.45) is 11.1 Å². The minimum atomic E-state index is -0.584. The molecule has 1 fully saturated rings. The predicted molar refractivity (Wildman–Crippen MR) is 127 cm³/mol. The molecular formula is C25H39ClN2O2. The van der Waals surface area contributed by atoms with Gasteiger partial charge in [-0.05, 0) is 37.8 Å². The number of nitrogens with zero attached hydrogens (tertiary/aromatic N) is 1. The number of rotatable bonds is 13. The Labute approximate surface area is 187 Å². The fourth-order valence-corrected chi connectivity index (χ4v) is 4.36. The highest BCUT2D eigenvalue weighted by Crippen LogP contribution is 2.27. The molecular weight excluding hydrogens is 396 g/mol. The number of para-hydroxylation sites is 1. The van der Waals surface area contributed by atoms with Gasteiger partial charge in [0.1, 0.15) is 0 Å². The Balaban J connectivity index is 1.64.